The van der Waals surface area contributed by atoms with E-state index in [0.717, 1.165) is 11.3 Å². The highest BCUT2D eigenvalue weighted by Crippen LogP contribution is 2.30. The quantitative estimate of drug-likeness (QED) is 0.356. The van der Waals surface area contributed by atoms with Gasteiger partial charge >= 0.3 is 5.97 Å². The molecule has 1 amide bonds. The van der Waals surface area contributed by atoms with Crippen molar-refractivity contribution in [3.63, 3.8) is 0 Å². The van der Waals surface area contributed by atoms with Gasteiger partial charge in [0.2, 0.25) is 0 Å². The molecule has 38 heavy (non-hydrogen) atoms. The Morgan fingerprint density at radius 2 is 1.71 bits per heavy atom. The highest BCUT2D eigenvalue weighted by atomic mass is 16.5. The van der Waals surface area contributed by atoms with Crippen molar-refractivity contribution in [1.29, 1.82) is 0 Å². The van der Waals surface area contributed by atoms with Crippen molar-refractivity contribution in [2.75, 3.05) is 26.8 Å². The SMILES string of the molecule is COc1ccc(-c2cc(C(=O)OCC(=O)N3CC(C)OC(C)C3)c3c(C)nn(-c4ccccc4)c3n2)cc1. The van der Waals surface area contributed by atoms with E-state index < -0.39 is 5.97 Å². The van der Waals surface area contributed by atoms with Crippen LogP contribution in [0.5, 0.6) is 5.75 Å². The fraction of sp³-hybridized carbons (Fsp3) is 0.310. The minimum atomic E-state index is -0.606. The van der Waals surface area contributed by atoms with Crippen molar-refractivity contribution in [3.8, 4) is 22.7 Å². The van der Waals surface area contributed by atoms with Crippen LogP contribution in [0, 0.1) is 6.92 Å². The summed E-state index contributed by atoms with van der Waals surface area (Å²) in [6, 6.07) is 18.7. The number of fused-ring (bicyclic) bond motifs is 1. The zero-order chi connectivity index (χ0) is 26.8. The first-order valence-electron chi connectivity index (χ1n) is 12.5. The number of aryl methyl sites for hydroxylation is 1. The summed E-state index contributed by atoms with van der Waals surface area (Å²) in [4.78, 5) is 32.9. The summed E-state index contributed by atoms with van der Waals surface area (Å²) in [5.41, 5.74) is 3.65. The molecule has 0 spiro atoms. The molecule has 3 heterocycles. The number of rotatable bonds is 6. The molecule has 1 fully saturated rings. The number of esters is 1. The normalized spacial score (nSPS) is 17.4. The monoisotopic (exact) mass is 514 g/mol. The van der Waals surface area contributed by atoms with Gasteiger partial charge in [0.05, 0.1) is 47.3 Å². The maximum absolute atomic E-state index is 13.5. The number of amides is 1. The fourth-order valence-electron chi connectivity index (χ4n) is 4.79. The predicted octanol–water partition coefficient (Wildman–Crippen LogP) is 4.20. The van der Waals surface area contributed by atoms with E-state index >= 15 is 0 Å². The van der Waals surface area contributed by atoms with E-state index in [1.54, 1.807) is 22.8 Å². The maximum atomic E-state index is 13.5. The van der Waals surface area contributed by atoms with Gasteiger partial charge in [-0.05, 0) is 63.2 Å². The third-order valence-electron chi connectivity index (χ3n) is 6.52. The number of carbonyl (C=O) groups excluding carboxylic acids is 2. The molecule has 4 aromatic rings. The minimum absolute atomic E-state index is 0.0724. The molecule has 1 aliphatic heterocycles. The fourth-order valence-corrected chi connectivity index (χ4v) is 4.79. The molecule has 196 valence electrons. The molecule has 0 saturated carbocycles. The molecule has 2 aromatic carbocycles. The molecule has 0 aliphatic carbocycles. The average Bonchev–Trinajstić information content (AvgIpc) is 3.27. The number of methoxy groups -OCH3 is 1. The molecule has 9 nitrogen and oxygen atoms in total. The standard InChI is InChI=1S/C29H30N4O5/c1-18-15-32(16-19(2)38-18)26(34)17-37-29(35)24-14-25(21-10-12-23(36-4)13-11-21)30-28-27(24)20(3)31-33(28)22-8-6-5-7-9-22/h5-14,18-19H,15-17H2,1-4H3. The van der Waals surface area contributed by atoms with Gasteiger partial charge in [0.15, 0.2) is 12.3 Å². The van der Waals surface area contributed by atoms with Crippen LogP contribution in [0.2, 0.25) is 0 Å². The Labute approximate surface area is 220 Å². The largest absolute Gasteiger partial charge is 0.497 e. The summed E-state index contributed by atoms with van der Waals surface area (Å²) in [5, 5.41) is 5.27. The van der Waals surface area contributed by atoms with Gasteiger partial charge in [-0.15, -0.1) is 0 Å². The number of hydrogen-bond acceptors (Lipinski definition) is 7. The van der Waals surface area contributed by atoms with E-state index in [1.807, 2.05) is 75.4 Å². The van der Waals surface area contributed by atoms with Gasteiger partial charge in [0, 0.05) is 18.7 Å². The number of benzene rings is 2. The lowest BCUT2D eigenvalue weighted by atomic mass is 10.1. The van der Waals surface area contributed by atoms with Crippen LogP contribution < -0.4 is 4.74 Å². The summed E-state index contributed by atoms with van der Waals surface area (Å²) in [6.45, 7) is 6.24. The number of morpholine rings is 1. The Hall–Kier alpha value is -4.24. The summed E-state index contributed by atoms with van der Waals surface area (Å²) >= 11 is 0. The minimum Gasteiger partial charge on any atom is -0.497 e. The topological polar surface area (TPSA) is 95.8 Å². The Morgan fingerprint density at radius 3 is 2.37 bits per heavy atom. The Kier molecular flexibility index (Phi) is 7.11. The van der Waals surface area contributed by atoms with E-state index in [-0.39, 0.29) is 24.7 Å². The molecule has 1 aliphatic rings. The number of aromatic nitrogens is 3. The highest BCUT2D eigenvalue weighted by Gasteiger charge is 2.27. The van der Waals surface area contributed by atoms with Crippen molar-refractivity contribution in [3.05, 3.63) is 71.9 Å². The molecule has 0 N–H and O–H groups in total. The van der Waals surface area contributed by atoms with Crippen molar-refractivity contribution in [1.82, 2.24) is 19.7 Å². The third kappa shape index (κ3) is 5.10. The molecular weight excluding hydrogens is 484 g/mol. The van der Waals surface area contributed by atoms with Crippen LogP contribution in [0.1, 0.15) is 29.9 Å². The van der Waals surface area contributed by atoms with Gasteiger partial charge < -0.3 is 19.1 Å². The number of para-hydroxylation sites is 1. The van der Waals surface area contributed by atoms with Crippen LogP contribution in [-0.2, 0) is 14.3 Å². The van der Waals surface area contributed by atoms with Gasteiger partial charge in [0.1, 0.15) is 5.75 Å². The number of ether oxygens (including phenoxy) is 3. The lowest BCUT2D eigenvalue weighted by Gasteiger charge is -2.35. The van der Waals surface area contributed by atoms with Gasteiger partial charge in [-0.3, -0.25) is 4.79 Å². The van der Waals surface area contributed by atoms with Gasteiger partial charge in [-0.2, -0.15) is 5.10 Å². The summed E-state index contributed by atoms with van der Waals surface area (Å²) in [5.74, 6) is -0.145. The zero-order valence-electron chi connectivity index (χ0n) is 21.9. The van der Waals surface area contributed by atoms with Crippen LogP contribution >= 0.6 is 0 Å². The van der Waals surface area contributed by atoms with Crippen LogP contribution in [0.25, 0.3) is 28.0 Å². The number of nitrogens with zero attached hydrogens (tertiary/aromatic N) is 4. The Balaban J connectivity index is 1.52. The van der Waals surface area contributed by atoms with E-state index in [4.69, 9.17) is 19.2 Å². The number of hydrogen-bond donors (Lipinski definition) is 0. The molecule has 9 heteroatoms. The van der Waals surface area contributed by atoms with Crippen LogP contribution in [0.4, 0.5) is 0 Å². The summed E-state index contributed by atoms with van der Waals surface area (Å²) in [6.07, 6.45) is -0.145. The zero-order valence-corrected chi connectivity index (χ0v) is 21.9. The first kappa shape index (κ1) is 25.4. The molecule has 2 unspecified atom stereocenters. The first-order chi connectivity index (χ1) is 18.3. The van der Waals surface area contributed by atoms with Crippen molar-refractivity contribution < 1.29 is 23.8 Å². The molecular formula is C29H30N4O5. The van der Waals surface area contributed by atoms with Crippen molar-refractivity contribution in [2.24, 2.45) is 0 Å². The Bertz CT molecular complexity index is 1460. The van der Waals surface area contributed by atoms with Crippen LogP contribution in [0.15, 0.2) is 60.7 Å². The lowest BCUT2D eigenvalue weighted by molar-refractivity contribution is -0.146. The molecule has 1 saturated heterocycles. The second kappa shape index (κ2) is 10.6. The predicted molar refractivity (Wildman–Crippen MR) is 142 cm³/mol. The summed E-state index contributed by atoms with van der Waals surface area (Å²) in [7, 11) is 1.61. The van der Waals surface area contributed by atoms with Gasteiger partial charge in [-0.1, -0.05) is 18.2 Å². The van der Waals surface area contributed by atoms with Gasteiger partial charge in [0.25, 0.3) is 5.91 Å². The van der Waals surface area contributed by atoms with E-state index in [0.29, 0.717) is 46.8 Å². The number of pyridine rings is 1. The van der Waals surface area contributed by atoms with E-state index in [9.17, 15) is 9.59 Å². The smallest absolute Gasteiger partial charge is 0.339 e. The lowest BCUT2D eigenvalue weighted by Crippen LogP contribution is -2.49. The third-order valence-corrected chi connectivity index (χ3v) is 6.52. The van der Waals surface area contributed by atoms with Crippen LogP contribution in [0.3, 0.4) is 0 Å². The Morgan fingerprint density at radius 1 is 1.03 bits per heavy atom. The first-order valence-corrected chi connectivity index (χ1v) is 12.5. The number of carbonyl (C=O) groups is 2. The molecule has 2 aromatic heterocycles. The average molecular weight is 515 g/mol. The molecule has 5 rings (SSSR count). The second-order valence-electron chi connectivity index (χ2n) is 9.45. The van der Waals surface area contributed by atoms with E-state index in [1.165, 1.54) is 0 Å². The second-order valence-corrected chi connectivity index (χ2v) is 9.45. The molecule has 0 bridgehead atoms. The highest BCUT2D eigenvalue weighted by molar-refractivity contribution is 6.05. The van der Waals surface area contributed by atoms with Crippen molar-refractivity contribution >= 4 is 22.9 Å². The maximum Gasteiger partial charge on any atom is 0.339 e. The van der Waals surface area contributed by atoms with Crippen molar-refractivity contribution in [2.45, 2.75) is 33.0 Å². The molecule has 2 atom stereocenters. The molecule has 0 radical (unpaired) electrons. The summed E-state index contributed by atoms with van der Waals surface area (Å²) < 4.78 is 18.3. The van der Waals surface area contributed by atoms with E-state index in [2.05, 4.69) is 5.10 Å². The van der Waals surface area contributed by atoms with Gasteiger partial charge in [-0.25, -0.2) is 14.5 Å². The van der Waals surface area contributed by atoms with Crippen LogP contribution in [-0.4, -0.2) is 70.6 Å².